The van der Waals surface area contributed by atoms with Gasteiger partial charge in [0.1, 0.15) is 17.4 Å². The van der Waals surface area contributed by atoms with Gasteiger partial charge in [-0.05, 0) is 36.8 Å². The van der Waals surface area contributed by atoms with Crippen LogP contribution in [0.5, 0.6) is 5.75 Å². The summed E-state index contributed by atoms with van der Waals surface area (Å²) in [6.07, 6.45) is 0. The highest BCUT2D eigenvalue weighted by atomic mass is 35.5. The average molecular weight is 297 g/mol. The lowest BCUT2D eigenvalue weighted by molar-refractivity contribution is 0.102. The van der Waals surface area contributed by atoms with E-state index in [1.54, 1.807) is 0 Å². The predicted molar refractivity (Wildman–Crippen MR) is 72.5 cm³/mol. The van der Waals surface area contributed by atoms with E-state index in [0.717, 1.165) is 6.07 Å². The molecule has 0 bridgehead atoms. The van der Waals surface area contributed by atoms with Gasteiger partial charge < -0.3 is 4.74 Å². The van der Waals surface area contributed by atoms with Crippen molar-refractivity contribution in [3.05, 3.63) is 63.7 Å². The van der Waals surface area contributed by atoms with E-state index >= 15 is 0 Å². The van der Waals surface area contributed by atoms with Crippen LogP contribution in [0.2, 0.25) is 5.02 Å². The lowest BCUT2D eigenvalue weighted by atomic mass is 9.99. The second-order valence-corrected chi connectivity index (χ2v) is 4.66. The van der Waals surface area contributed by atoms with Crippen molar-refractivity contribution < 1.29 is 18.3 Å². The zero-order valence-corrected chi connectivity index (χ0v) is 11.6. The summed E-state index contributed by atoms with van der Waals surface area (Å²) in [6.45, 7) is 1.46. The molecule has 104 valence electrons. The van der Waals surface area contributed by atoms with Gasteiger partial charge >= 0.3 is 0 Å². The van der Waals surface area contributed by atoms with Crippen molar-refractivity contribution in [2.75, 3.05) is 7.11 Å². The number of methoxy groups -OCH3 is 1. The lowest BCUT2D eigenvalue weighted by Gasteiger charge is -2.10. The number of hydrogen-bond acceptors (Lipinski definition) is 2. The van der Waals surface area contributed by atoms with E-state index in [-0.39, 0.29) is 21.9 Å². The number of aryl methyl sites for hydroxylation is 1. The summed E-state index contributed by atoms with van der Waals surface area (Å²) in [5.74, 6) is -2.39. The first-order valence-electron chi connectivity index (χ1n) is 5.78. The third-order valence-electron chi connectivity index (χ3n) is 2.92. The molecule has 2 rings (SSSR count). The summed E-state index contributed by atoms with van der Waals surface area (Å²) in [7, 11) is 1.36. The Hall–Kier alpha value is -1.94. The van der Waals surface area contributed by atoms with Crippen molar-refractivity contribution in [3.8, 4) is 5.75 Å². The van der Waals surface area contributed by atoms with Gasteiger partial charge in [-0.25, -0.2) is 8.78 Å². The molecule has 0 fully saturated rings. The first-order chi connectivity index (χ1) is 9.45. The quantitative estimate of drug-likeness (QED) is 0.795. The molecule has 2 nitrogen and oxygen atoms in total. The minimum atomic E-state index is -0.917. The maximum absolute atomic E-state index is 14.0. The molecule has 0 atom stereocenters. The number of benzene rings is 2. The van der Waals surface area contributed by atoms with E-state index in [0.29, 0.717) is 0 Å². The normalized spacial score (nSPS) is 10.4. The molecule has 0 aliphatic rings. The molecule has 0 unspecified atom stereocenters. The first kappa shape index (κ1) is 14.5. The number of ketones is 1. The molecule has 0 heterocycles. The molecule has 0 spiro atoms. The van der Waals surface area contributed by atoms with E-state index in [2.05, 4.69) is 0 Å². The van der Waals surface area contributed by atoms with E-state index in [9.17, 15) is 13.6 Å². The molecule has 0 amide bonds. The largest absolute Gasteiger partial charge is 0.496 e. The molecular formula is C15H11ClF2O2. The highest BCUT2D eigenvalue weighted by Crippen LogP contribution is 2.27. The minimum Gasteiger partial charge on any atom is -0.496 e. The molecule has 0 radical (unpaired) electrons. The van der Waals surface area contributed by atoms with Gasteiger partial charge in [0, 0.05) is 5.02 Å². The highest BCUT2D eigenvalue weighted by Gasteiger charge is 2.23. The van der Waals surface area contributed by atoms with Crippen LogP contribution in [0, 0.1) is 18.6 Å². The van der Waals surface area contributed by atoms with E-state index in [1.165, 1.54) is 38.3 Å². The van der Waals surface area contributed by atoms with Crippen LogP contribution in [0.15, 0.2) is 30.3 Å². The fraction of sp³-hybridized carbons (Fsp3) is 0.133. The Balaban J connectivity index is 2.63. The molecule has 0 saturated carbocycles. The Morgan fingerprint density at radius 2 is 1.90 bits per heavy atom. The van der Waals surface area contributed by atoms with Crippen molar-refractivity contribution in [2.24, 2.45) is 0 Å². The monoisotopic (exact) mass is 296 g/mol. The van der Waals surface area contributed by atoms with Crippen LogP contribution in [-0.2, 0) is 0 Å². The molecule has 2 aromatic rings. The van der Waals surface area contributed by atoms with Crippen LogP contribution in [0.1, 0.15) is 21.5 Å². The first-order valence-corrected chi connectivity index (χ1v) is 6.16. The van der Waals surface area contributed by atoms with E-state index < -0.39 is 23.0 Å². The summed E-state index contributed by atoms with van der Waals surface area (Å²) in [5.41, 5.74) is -0.398. The minimum absolute atomic E-state index is 0.0170. The molecular weight excluding hydrogens is 286 g/mol. The Kier molecular flexibility index (Phi) is 4.04. The number of rotatable bonds is 3. The number of ether oxygens (including phenoxy) is 1. The van der Waals surface area contributed by atoms with Gasteiger partial charge in [0.05, 0.1) is 18.2 Å². The van der Waals surface area contributed by atoms with Crippen molar-refractivity contribution in [2.45, 2.75) is 6.92 Å². The molecule has 0 aromatic heterocycles. The zero-order chi connectivity index (χ0) is 14.9. The van der Waals surface area contributed by atoms with Gasteiger partial charge in [0.25, 0.3) is 0 Å². The standard InChI is InChI=1S/C15H11ClF2O2/c1-8-3-5-11(17)13(14(8)18)15(19)10-7-9(16)4-6-12(10)20-2/h3-7H,1-2H3. The fourth-order valence-electron chi connectivity index (χ4n) is 1.86. The van der Waals surface area contributed by atoms with Crippen molar-refractivity contribution >= 4 is 17.4 Å². The van der Waals surface area contributed by atoms with Gasteiger partial charge in [-0.2, -0.15) is 0 Å². The van der Waals surface area contributed by atoms with Crippen LogP contribution in [0.3, 0.4) is 0 Å². The topological polar surface area (TPSA) is 26.3 Å². The average Bonchev–Trinajstić information content (AvgIpc) is 2.43. The lowest BCUT2D eigenvalue weighted by Crippen LogP contribution is -2.10. The zero-order valence-electron chi connectivity index (χ0n) is 10.8. The van der Waals surface area contributed by atoms with Gasteiger partial charge in [0.2, 0.25) is 5.78 Å². The van der Waals surface area contributed by atoms with Crippen LogP contribution in [0.4, 0.5) is 8.78 Å². The van der Waals surface area contributed by atoms with Gasteiger partial charge in [0.15, 0.2) is 0 Å². The summed E-state index contributed by atoms with van der Waals surface area (Å²) >= 11 is 5.82. The van der Waals surface area contributed by atoms with Gasteiger partial charge in [-0.1, -0.05) is 17.7 Å². The molecule has 2 aromatic carbocycles. The SMILES string of the molecule is COc1ccc(Cl)cc1C(=O)c1c(F)ccc(C)c1F. The third kappa shape index (κ3) is 2.51. The van der Waals surface area contributed by atoms with Gasteiger partial charge in [-0.3, -0.25) is 4.79 Å². The maximum atomic E-state index is 14.0. The summed E-state index contributed by atoms with van der Waals surface area (Å²) in [5, 5.41) is 0.280. The number of hydrogen-bond donors (Lipinski definition) is 0. The highest BCUT2D eigenvalue weighted by molar-refractivity contribution is 6.31. The molecule has 5 heteroatoms. The predicted octanol–water partition coefficient (Wildman–Crippen LogP) is 4.17. The second kappa shape index (κ2) is 5.59. The number of carbonyl (C=O) groups is 1. The van der Waals surface area contributed by atoms with Crippen LogP contribution >= 0.6 is 11.6 Å². The van der Waals surface area contributed by atoms with E-state index in [4.69, 9.17) is 16.3 Å². The summed E-state index contributed by atoms with van der Waals surface area (Å²) in [6, 6.07) is 6.66. The molecule has 20 heavy (non-hydrogen) atoms. The summed E-state index contributed by atoms with van der Waals surface area (Å²) < 4.78 is 32.8. The molecule has 0 N–H and O–H groups in total. The Morgan fingerprint density at radius 1 is 1.20 bits per heavy atom. The Labute approximate surface area is 119 Å². The van der Waals surface area contributed by atoms with E-state index in [1.807, 2.05) is 0 Å². The number of halogens is 3. The second-order valence-electron chi connectivity index (χ2n) is 4.23. The van der Waals surface area contributed by atoms with Crippen LogP contribution in [0.25, 0.3) is 0 Å². The molecule has 0 aliphatic heterocycles. The smallest absolute Gasteiger partial charge is 0.202 e. The maximum Gasteiger partial charge on any atom is 0.202 e. The Morgan fingerprint density at radius 3 is 2.55 bits per heavy atom. The third-order valence-corrected chi connectivity index (χ3v) is 3.15. The summed E-state index contributed by atoms with van der Waals surface area (Å²) in [4.78, 5) is 12.4. The van der Waals surface area contributed by atoms with Crippen LogP contribution < -0.4 is 4.74 Å². The van der Waals surface area contributed by atoms with Crippen molar-refractivity contribution in [1.29, 1.82) is 0 Å². The van der Waals surface area contributed by atoms with Crippen molar-refractivity contribution in [3.63, 3.8) is 0 Å². The molecule has 0 aliphatic carbocycles. The number of carbonyl (C=O) groups excluding carboxylic acids is 1. The fourth-order valence-corrected chi connectivity index (χ4v) is 2.03. The van der Waals surface area contributed by atoms with Crippen LogP contribution in [-0.4, -0.2) is 12.9 Å². The molecule has 0 saturated heterocycles. The Bertz CT molecular complexity index is 684. The van der Waals surface area contributed by atoms with Crippen molar-refractivity contribution in [1.82, 2.24) is 0 Å². The van der Waals surface area contributed by atoms with Gasteiger partial charge in [-0.15, -0.1) is 0 Å².